The third-order valence-corrected chi connectivity index (χ3v) is 3.96. The van der Waals surface area contributed by atoms with Crippen LogP contribution in [0.25, 0.3) is 0 Å². The van der Waals surface area contributed by atoms with Crippen molar-refractivity contribution in [2.24, 2.45) is 5.92 Å². The van der Waals surface area contributed by atoms with E-state index in [0.29, 0.717) is 24.4 Å². The smallest absolute Gasteiger partial charge is 0.320 e. The Hall–Kier alpha value is -0.920. The first-order valence-electron chi connectivity index (χ1n) is 6.71. The van der Waals surface area contributed by atoms with Crippen LogP contribution in [0.5, 0.6) is 0 Å². The maximum absolute atomic E-state index is 5.57. The molecule has 0 bridgehead atoms. The third-order valence-electron chi connectivity index (χ3n) is 2.71. The predicted molar refractivity (Wildman–Crippen MR) is 90.7 cm³/mol. The first kappa shape index (κ1) is 16.5. The molecule has 0 atom stereocenters. The number of hydrogen-bond donors (Lipinski definition) is 2. The summed E-state index contributed by atoms with van der Waals surface area (Å²) in [5, 5.41) is 14.4. The summed E-state index contributed by atoms with van der Waals surface area (Å²) >= 11 is 7.05. The summed E-state index contributed by atoms with van der Waals surface area (Å²) in [5.41, 5.74) is 2.02. The highest BCUT2D eigenvalue weighted by Gasteiger charge is 2.11. The molecule has 2 aromatic rings. The van der Waals surface area contributed by atoms with E-state index in [2.05, 4.69) is 66.5 Å². The number of nitrogens with zero attached hydrogens (tertiary/aromatic N) is 2. The van der Waals surface area contributed by atoms with E-state index in [9.17, 15) is 0 Å². The average molecular weight is 418 g/mol. The summed E-state index contributed by atoms with van der Waals surface area (Å²) in [6.45, 7) is 7.83. The van der Waals surface area contributed by atoms with E-state index in [1.807, 2.05) is 19.1 Å². The van der Waals surface area contributed by atoms with Crippen LogP contribution < -0.4 is 10.6 Å². The molecular weight excluding hydrogens is 400 g/mol. The Kier molecular flexibility index (Phi) is 5.78. The molecular formula is C14H18Br2N4O. The Balaban J connectivity index is 2.03. The van der Waals surface area contributed by atoms with Crippen LogP contribution in [0, 0.1) is 12.8 Å². The highest BCUT2D eigenvalue weighted by molar-refractivity contribution is 9.11. The van der Waals surface area contributed by atoms with E-state index in [0.717, 1.165) is 26.7 Å². The molecule has 0 saturated heterocycles. The first-order chi connectivity index (χ1) is 9.95. The van der Waals surface area contributed by atoms with Gasteiger partial charge >= 0.3 is 6.01 Å². The average Bonchev–Trinajstić information content (AvgIpc) is 2.81. The van der Waals surface area contributed by atoms with Gasteiger partial charge in [-0.2, -0.15) is 0 Å². The summed E-state index contributed by atoms with van der Waals surface area (Å²) in [5.74, 6) is 1.16. The lowest BCUT2D eigenvalue weighted by Gasteiger charge is -2.08. The summed E-state index contributed by atoms with van der Waals surface area (Å²) in [4.78, 5) is 0. The van der Waals surface area contributed by atoms with Crippen molar-refractivity contribution in [1.82, 2.24) is 15.5 Å². The zero-order valence-corrected chi connectivity index (χ0v) is 15.4. The molecule has 0 spiro atoms. The quantitative estimate of drug-likeness (QED) is 0.729. The van der Waals surface area contributed by atoms with E-state index in [-0.39, 0.29) is 0 Å². The van der Waals surface area contributed by atoms with Gasteiger partial charge in [-0.25, -0.2) is 0 Å². The fourth-order valence-electron chi connectivity index (χ4n) is 1.77. The first-order valence-corrected chi connectivity index (χ1v) is 8.30. The molecule has 2 N–H and O–H groups in total. The molecule has 0 amide bonds. The summed E-state index contributed by atoms with van der Waals surface area (Å²) in [6, 6.07) is 4.42. The maximum Gasteiger partial charge on any atom is 0.320 e. The number of aryl methyl sites for hydroxylation is 1. The van der Waals surface area contributed by atoms with Crippen molar-refractivity contribution >= 4 is 43.6 Å². The van der Waals surface area contributed by atoms with Gasteiger partial charge in [-0.3, -0.25) is 0 Å². The van der Waals surface area contributed by atoms with Gasteiger partial charge in [0.15, 0.2) is 0 Å². The second-order valence-corrected chi connectivity index (χ2v) is 6.96. The summed E-state index contributed by atoms with van der Waals surface area (Å²) in [6.07, 6.45) is 0. The SMILES string of the molecule is Cc1cc(Br)c(Nc2nnc(CNCC(C)C)o2)c(Br)c1. The molecule has 114 valence electrons. The van der Waals surface area contributed by atoms with Crippen molar-refractivity contribution in [3.05, 3.63) is 32.5 Å². The zero-order valence-electron chi connectivity index (χ0n) is 12.2. The summed E-state index contributed by atoms with van der Waals surface area (Å²) < 4.78 is 7.45. The number of rotatable bonds is 6. The molecule has 0 fully saturated rings. The molecule has 1 heterocycles. The van der Waals surface area contributed by atoms with Gasteiger partial charge in [0.2, 0.25) is 5.89 Å². The van der Waals surface area contributed by atoms with Gasteiger partial charge in [-0.05, 0) is 68.9 Å². The molecule has 0 radical (unpaired) electrons. The minimum absolute atomic E-state index is 0.376. The lowest BCUT2D eigenvalue weighted by molar-refractivity contribution is 0.460. The highest BCUT2D eigenvalue weighted by atomic mass is 79.9. The van der Waals surface area contributed by atoms with E-state index in [1.54, 1.807) is 0 Å². The van der Waals surface area contributed by atoms with Crippen LogP contribution in [0.4, 0.5) is 11.7 Å². The normalized spacial score (nSPS) is 11.1. The molecule has 0 saturated carbocycles. The fraction of sp³-hybridized carbons (Fsp3) is 0.429. The van der Waals surface area contributed by atoms with E-state index < -0.39 is 0 Å². The topological polar surface area (TPSA) is 63.0 Å². The Bertz CT molecular complexity index is 590. The van der Waals surface area contributed by atoms with Crippen molar-refractivity contribution in [3.8, 4) is 0 Å². The van der Waals surface area contributed by atoms with Crippen LogP contribution >= 0.6 is 31.9 Å². The molecule has 5 nitrogen and oxygen atoms in total. The van der Waals surface area contributed by atoms with Crippen LogP contribution in [-0.2, 0) is 6.54 Å². The minimum Gasteiger partial charge on any atom is -0.406 e. The third kappa shape index (κ3) is 4.79. The van der Waals surface area contributed by atoms with Crippen molar-refractivity contribution < 1.29 is 4.42 Å². The van der Waals surface area contributed by atoms with Crippen molar-refractivity contribution in [1.29, 1.82) is 0 Å². The van der Waals surface area contributed by atoms with Gasteiger partial charge in [0.05, 0.1) is 12.2 Å². The van der Waals surface area contributed by atoms with Gasteiger partial charge in [0.1, 0.15) is 0 Å². The fourth-order valence-corrected chi connectivity index (χ4v) is 3.38. The molecule has 2 rings (SSSR count). The molecule has 7 heteroatoms. The van der Waals surface area contributed by atoms with Crippen LogP contribution in [0.15, 0.2) is 25.5 Å². The van der Waals surface area contributed by atoms with Crippen LogP contribution in [0.2, 0.25) is 0 Å². The standard InChI is InChI=1S/C14H18Br2N4O/c1-8(2)6-17-7-12-19-20-14(21-12)18-13-10(15)4-9(3)5-11(13)16/h4-5,8,17H,6-7H2,1-3H3,(H,18,20). The lowest BCUT2D eigenvalue weighted by Crippen LogP contribution is -2.19. The monoisotopic (exact) mass is 416 g/mol. The molecule has 1 aromatic carbocycles. The number of aromatic nitrogens is 2. The van der Waals surface area contributed by atoms with Gasteiger partial charge < -0.3 is 15.1 Å². The molecule has 0 aliphatic rings. The van der Waals surface area contributed by atoms with Gasteiger partial charge in [0.25, 0.3) is 0 Å². The number of anilines is 2. The van der Waals surface area contributed by atoms with Crippen molar-refractivity contribution in [3.63, 3.8) is 0 Å². The van der Waals surface area contributed by atoms with Crippen LogP contribution in [0.3, 0.4) is 0 Å². The second-order valence-electron chi connectivity index (χ2n) is 5.25. The number of hydrogen-bond acceptors (Lipinski definition) is 5. The largest absolute Gasteiger partial charge is 0.406 e. The highest BCUT2D eigenvalue weighted by Crippen LogP contribution is 2.34. The van der Waals surface area contributed by atoms with Crippen LogP contribution in [0.1, 0.15) is 25.3 Å². The summed E-state index contributed by atoms with van der Waals surface area (Å²) in [7, 11) is 0. The molecule has 1 aromatic heterocycles. The molecule has 0 unspecified atom stereocenters. The van der Waals surface area contributed by atoms with E-state index in [1.165, 1.54) is 0 Å². The van der Waals surface area contributed by atoms with Crippen molar-refractivity contribution in [2.75, 3.05) is 11.9 Å². The number of halogens is 2. The lowest BCUT2D eigenvalue weighted by atomic mass is 10.2. The Labute approximate surface area is 141 Å². The van der Waals surface area contributed by atoms with Gasteiger partial charge in [0, 0.05) is 8.95 Å². The maximum atomic E-state index is 5.57. The number of benzene rings is 1. The second kappa shape index (κ2) is 7.38. The van der Waals surface area contributed by atoms with Crippen LogP contribution in [-0.4, -0.2) is 16.7 Å². The Morgan fingerprint density at radius 3 is 2.48 bits per heavy atom. The van der Waals surface area contributed by atoms with Gasteiger partial charge in [-0.15, -0.1) is 5.10 Å². The van der Waals surface area contributed by atoms with Crippen molar-refractivity contribution in [2.45, 2.75) is 27.3 Å². The van der Waals surface area contributed by atoms with E-state index in [4.69, 9.17) is 4.42 Å². The van der Waals surface area contributed by atoms with E-state index >= 15 is 0 Å². The Morgan fingerprint density at radius 2 is 1.86 bits per heavy atom. The van der Waals surface area contributed by atoms with Gasteiger partial charge in [-0.1, -0.05) is 18.9 Å². The predicted octanol–water partition coefficient (Wildman–Crippen LogP) is 4.39. The molecule has 21 heavy (non-hydrogen) atoms. The zero-order chi connectivity index (χ0) is 15.4. The number of nitrogens with one attached hydrogen (secondary N) is 2. The molecule has 0 aliphatic carbocycles. The Morgan fingerprint density at radius 1 is 1.19 bits per heavy atom. The molecule has 0 aliphatic heterocycles. The minimum atomic E-state index is 0.376.